The molecular formula is C8H17FN2. The molecule has 11 heavy (non-hydrogen) atoms. The molecule has 3 N–H and O–H groups in total. The molecule has 3 heteroatoms. The maximum absolute atomic E-state index is 13.4. The molecular weight excluding hydrogens is 143 g/mol. The summed E-state index contributed by atoms with van der Waals surface area (Å²) in [5.41, 5.74) is 5.37. The lowest BCUT2D eigenvalue weighted by molar-refractivity contribution is 0.194. The number of alkyl halides is 1. The lowest BCUT2D eigenvalue weighted by atomic mass is 9.98. The highest BCUT2D eigenvalue weighted by Gasteiger charge is 2.27. The Balaban J connectivity index is 2.32. The summed E-state index contributed by atoms with van der Waals surface area (Å²) in [4.78, 5) is 0. The van der Waals surface area contributed by atoms with Crippen molar-refractivity contribution in [3.05, 3.63) is 0 Å². The molecule has 0 amide bonds. The quantitative estimate of drug-likeness (QED) is 0.637. The van der Waals surface area contributed by atoms with Gasteiger partial charge in [-0.15, -0.1) is 0 Å². The summed E-state index contributed by atoms with van der Waals surface area (Å²) in [6.45, 7) is 3.27. The van der Waals surface area contributed by atoms with Crippen LogP contribution in [0.5, 0.6) is 0 Å². The molecule has 3 atom stereocenters. The second kappa shape index (κ2) is 4.02. The minimum atomic E-state index is -0.762. The van der Waals surface area contributed by atoms with Crippen molar-refractivity contribution in [3.8, 4) is 0 Å². The first-order valence-corrected chi connectivity index (χ1v) is 4.33. The van der Waals surface area contributed by atoms with Crippen molar-refractivity contribution in [1.29, 1.82) is 0 Å². The van der Waals surface area contributed by atoms with E-state index in [1.54, 1.807) is 0 Å². The van der Waals surface area contributed by atoms with Gasteiger partial charge in [0, 0.05) is 12.0 Å². The van der Waals surface area contributed by atoms with E-state index < -0.39 is 6.17 Å². The topological polar surface area (TPSA) is 38.0 Å². The number of halogens is 1. The highest BCUT2D eigenvalue weighted by molar-refractivity contribution is 4.84. The monoisotopic (exact) mass is 160 g/mol. The van der Waals surface area contributed by atoms with Gasteiger partial charge in [-0.05, 0) is 25.9 Å². The van der Waals surface area contributed by atoms with Gasteiger partial charge >= 0.3 is 0 Å². The maximum atomic E-state index is 13.4. The molecule has 0 saturated carbocycles. The van der Waals surface area contributed by atoms with Gasteiger partial charge in [0.1, 0.15) is 6.17 Å². The highest BCUT2D eigenvalue weighted by Crippen LogP contribution is 2.17. The summed E-state index contributed by atoms with van der Waals surface area (Å²) in [7, 11) is 0. The Morgan fingerprint density at radius 1 is 1.73 bits per heavy atom. The van der Waals surface area contributed by atoms with E-state index in [2.05, 4.69) is 5.32 Å². The standard InChI is InChI=1S/C8H17FN2/c1-6(5-10)8(9)7-3-2-4-11-7/h6-8,11H,2-5,10H2,1H3. The molecule has 1 rings (SSSR count). The lowest BCUT2D eigenvalue weighted by Gasteiger charge is -2.20. The fourth-order valence-electron chi connectivity index (χ4n) is 1.51. The average molecular weight is 160 g/mol. The molecule has 1 fully saturated rings. The second-order valence-electron chi connectivity index (χ2n) is 3.36. The largest absolute Gasteiger partial charge is 0.330 e. The fraction of sp³-hybridized carbons (Fsp3) is 1.00. The van der Waals surface area contributed by atoms with Gasteiger partial charge in [-0.3, -0.25) is 0 Å². The number of hydrogen-bond acceptors (Lipinski definition) is 2. The van der Waals surface area contributed by atoms with Crippen LogP contribution < -0.4 is 11.1 Å². The first-order valence-electron chi connectivity index (χ1n) is 4.33. The molecule has 0 aromatic carbocycles. The van der Waals surface area contributed by atoms with Gasteiger partial charge in [-0.25, -0.2) is 4.39 Å². The third-order valence-electron chi connectivity index (χ3n) is 2.40. The van der Waals surface area contributed by atoms with Crippen LogP contribution in [0, 0.1) is 5.92 Å². The van der Waals surface area contributed by atoms with Crippen LogP contribution in [-0.4, -0.2) is 25.3 Å². The molecule has 0 aromatic heterocycles. The van der Waals surface area contributed by atoms with Crippen molar-refractivity contribution in [2.24, 2.45) is 11.7 Å². The molecule has 2 nitrogen and oxygen atoms in total. The number of rotatable bonds is 3. The molecule has 0 radical (unpaired) electrons. The fourth-order valence-corrected chi connectivity index (χ4v) is 1.51. The van der Waals surface area contributed by atoms with Crippen molar-refractivity contribution in [1.82, 2.24) is 5.32 Å². The Morgan fingerprint density at radius 3 is 2.91 bits per heavy atom. The van der Waals surface area contributed by atoms with Crippen molar-refractivity contribution in [3.63, 3.8) is 0 Å². The molecule has 0 aromatic rings. The maximum Gasteiger partial charge on any atom is 0.119 e. The van der Waals surface area contributed by atoms with Crippen LogP contribution in [0.15, 0.2) is 0 Å². The van der Waals surface area contributed by atoms with Crippen LogP contribution in [0.4, 0.5) is 4.39 Å². The summed E-state index contributed by atoms with van der Waals surface area (Å²) in [5.74, 6) is -0.00870. The normalized spacial score (nSPS) is 30.3. The van der Waals surface area contributed by atoms with Gasteiger partial charge in [0.05, 0.1) is 0 Å². The zero-order valence-electron chi connectivity index (χ0n) is 7.02. The Morgan fingerprint density at radius 2 is 2.45 bits per heavy atom. The predicted octanol–water partition coefficient (Wildman–Crippen LogP) is 0.671. The first kappa shape index (κ1) is 8.94. The van der Waals surface area contributed by atoms with Crippen molar-refractivity contribution in [2.45, 2.75) is 32.0 Å². The molecule has 1 aliphatic rings. The van der Waals surface area contributed by atoms with E-state index in [0.29, 0.717) is 6.54 Å². The van der Waals surface area contributed by atoms with Crippen LogP contribution in [0.3, 0.4) is 0 Å². The second-order valence-corrected chi connectivity index (χ2v) is 3.36. The number of hydrogen-bond donors (Lipinski definition) is 2. The molecule has 3 unspecified atom stereocenters. The summed E-state index contributed by atoms with van der Waals surface area (Å²) >= 11 is 0. The summed E-state index contributed by atoms with van der Waals surface area (Å²) in [5, 5.41) is 3.14. The summed E-state index contributed by atoms with van der Waals surface area (Å²) in [6.07, 6.45) is 1.30. The number of nitrogens with one attached hydrogen (secondary N) is 1. The zero-order valence-corrected chi connectivity index (χ0v) is 7.02. The van der Waals surface area contributed by atoms with E-state index in [-0.39, 0.29) is 12.0 Å². The summed E-state index contributed by atoms with van der Waals surface area (Å²) < 4.78 is 13.4. The minimum absolute atomic E-state index is 0.00870. The van der Waals surface area contributed by atoms with Crippen LogP contribution in [0.25, 0.3) is 0 Å². The van der Waals surface area contributed by atoms with Gasteiger partial charge in [0.2, 0.25) is 0 Å². The van der Waals surface area contributed by atoms with Crippen LogP contribution in [0.2, 0.25) is 0 Å². The van der Waals surface area contributed by atoms with Crippen molar-refractivity contribution >= 4 is 0 Å². The van der Waals surface area contributed by atoms with E-state index in [1.165, 1.54) is 0 Å². The zero-order chi connectivity index (χ0) is 8.27. The Kier molecular flexibility index (Phi) is 3.27. The van der Waals surface area contributed by atoms with Crippen LogP contribution >= 0.6 is 0 Å². The van der Waals surface area contributed by atoms with Gasteiger partial charge in [0.15, 0.2) is 0 Å². The van der Waals surface area contributed by atoms with Gasteiger partial charge in [-0.1, -0.05) is 6.92 Å². The smallest absolute Gasteiger partial charge is 0.119 e. The molecule has 0 aliphatic carbocycles. The molecule has 1 heterocycles. The van der Waals surface area contributed by atoms with E-state index >= 15 is 0 Å². The van der Waals surface area contributed by atoms with Crippen molar-refractivity contribution < 1.29 is 4.39 Å². The third kappa shape index (κ3) is 2.14. The molecule has 0 bridgehead atoms. The van der Waals surface area contributed by atoms with Gasteiger partial charge in [0.25, 0.3) is 0 Å². The highest BCUT2D eigenvalue weighted by atomic mass is 19.1. The van der Waals surface area contributed by atoms with Crippen LogP contribution in [-0.2, 0) is 0 Å². The molecule has 0 spiro atoms. The Labute approximate surface area is 67.3 Å². The van der Waals surface area contributed by atoms with E-state index in [4.69, 9.17) is 5.73 Å². The molecule has 1 saturated heterocycles. The Bertz CT molecular complexity index is 113. The van der Waals surface area contributed by atoms with Crippen molar-refractivity contribution in [2.75, 3.05) is 13.1 Å². The molecule has 1 aliphatic heterocycles. The number of nitrogens with two attached hydrogens (primary N) is 1. The first-order chi connectivity index (χ1) is 5.25. The van der Waals surface area contributed by atoms with Crippen LogP contribution in [0.1, 0.15) is 19.8 Å². The lowest BCUT2D eigenvalue weighted by Crippen LogP contribution is -2.38. The van der Waals surface area contributed by atoms with Gasteiger partial charge in [-0.2, -0.15) is 0 Å². The minimum Gasteiger partial charge on any atom is -0.330 e. The third-order valence-corrected chi connectivity index (χ3v) is 2.40. The molecule has 66 valence electrons. The predicted molar refractivity (Wildman–Crippen MR) is 44.1 cm³/mol. The average Bonchev–Trinajstić information content (AvgIpc) is 2.53. The van der Waals surface area contributed by atoms with E-state index in [0.717, 1.165) is 19.4 Å². The summed E-state index contributed by atoms with van der Waals surface area (Å²) in [6, 6.07) is 0.0635. The van der Waals surface area contributed by atoms with Gasteiger partial charge < -0.3 is 11.1 Å². The Hall–Kier alpha value is -0.150. The van der Waals surface area contributed by atoms with E-state index in [1.807, 2.05) is 6.92 Å². The SMILES string of the molecule is CC(CN)C(F)C1CCCN1. The van der Waals surface area contributed by atoms with E-state index in [9.17, 15) is 4.39 Å².